The molecule has 1 aliphatic rings. The molecule has 1 atom stereocenters. The molecule has 28 heavy (non-hydrogen) atoms. The van der Waals surface area contributed by atoms with E-state index in [9.17, 15) is 13.6 Å². The van der Waals surface area contributed by atoms with Crippen molar-refractivity contribution in [3.63, 3.8) is 0 Å². The van der Waals surface area contributed by atoms with Gasteiger partial charge in [-0.25, -0.2) is 0 Å². The number of fused-ring (bicyclic) bond motifs is 1. The van der Waals surface area contributed by atoms with Gasteiger partial charge in [-0.1, -0.05) is 6.07 Å². The average Bonchev–Trinajstić information content (AvgIpc) is 3.38. The van der Waals surface area contributed by atoms with Gasteiger partial charge >= 0.3 is 6.61 Å². The number of benzene rings is 1. The number of hydrogen-bond donors (Lipinski definition) is 0. The second-order valence-electron chi connectivity index (χ2n) is 6.21. The van der Waals surface area contributed by atoms with Gasteiger partial charge in [0, 0.05) is 21.9 Å². The normalized spacial score (nSPS) is 16.1. The topological polar surface area (TPSA) is 38.8 Å². The van der Waals surface area contributed by atoms with Gasteiger partial charge < -0.3 is 14.4 Å². The molecule has 3 aromatic rings. The van der Waals surface area contributed by atoms with E-state index in [-0.39, 0.29) is 23.4 Å². The third-order valence-electron chi connectivity index (χ3n) is 4.67. The van der Waals surface area contributed by atoms with Crippen molar-refractivity contribution in [1.82, 2.24) is 4.90 Å². The van der Waals surface area contributed by atoms with Crippen LogP contribution in [0.3, 0.4) is 0 Å². The molecule has 4 nitrogen and oxygen atoms in total. The summed E-state index contributed by atoms with van der Waals surface area (Å²) in [4.78, 5) is 17.6. The molecule has 3 heterocycles. The van der Waals surface area contributed by atoms with Crippen LogP contribution in [-0.2, 0) is 6.42 Å². The van der Waals surface area contributed by atoms with Gasteiger partial charge in [0.1, 0.15) is 0 Å². The zero-order chi connectivity index (χ0) is 19.7. The Hall–Kier alpha value is -2.45. The number of rotatable bonds is 5. The molecule has 2 aromatic heterocycles. The van der Waals surface area contributed by atoms with Gasteiger partial charge in [0.2, 0.25) is 0 Å². The summed E-state index contributed by atoms with van der Waals surface area (Å²) in [5.74, 6) is -0.160. The van der Waals surface area contributed by atoms with Crippen LogP contribution in [0.25, 0.3) is 0 Å². The highest BCUT2D eigenvalue weighted by atomic mass is 32.1. The summed E-state index contributed by atoms with van der Waals surface area (Å²) in [6.07, 6.45) is 0.796. The molecule has 4 rings (SSSR count). The largest absolute Gasteiger partial charge is 0.493 e. The smallest absolute Gasteiger partial charge is 0.387 e. The first-order valence-corrected chi connectivity index (χ1v) is 10.4. The molecule has 0 saturated carbocycles. The van der Waals surface area contributed by atoms with E-state index in [1.54, 1.807) is 22.7 Å². The summed E-state index contributed by atoms with van der Waals surface area (Å²) in [6, 6.07) is 10.2. The van der Waals surface area contributed by atoms with Crippen LogP contribution in [0, 0.1) is 0 Å². The van der Waals surface area contributed by atoms with Gasteiger partial charge in [-0.2, -0.15) is 8.78 Å². The van der Waals surface area contributed by atoms with Gasteiger partial charge in [0.15, 0.2) is 11.5 Å². The zero-order valence-electron chi connectivity index (χ0n) is 14.9. The summed E-state index contributed by atoms with van der Waals surface area (Å²) >= 11 is 3.32. The van der Waals surface area contributed by atoms with Crippen LogP contribution in [0.15, 0.2) is 47.2 Å². The summed E-state index contributed by atoms with van der Waals surface area (Å²) in [5.41, 5.74) is 1.52. The maximum Gasteiger partial charge on any atom is 0.387 e. The van der Waals surface area contributed by atoms with E-state index in [4.69, 9.17) is 4.74 Å². The van der Waals surface area contributed by atoms with Crippen LogP contribution in [0.4, 0.5) is 8.78 Å². The lowest BCUT2D eigenvalue weighted by Gasteiger charge is -2.35. The predicted molar refractivity (Wildman–Crippen MR) is 105 cm³/mol. The first-order chi connectivity index (χ1) is 13.6. The lowest BCUT2D eigenvalue weighted by atomic mass is 9.97. The van der Waals surface area contributed by atoms with Crippen molar-refractivity contribution >= 4 is 28.6 Å². The van der Waals surface area contributed by atoms with Crippen molar-refractivity contribution < 1.29 is 23.0 Å². The SMILES string of the molecule is COc1cc(C(=O)N2CCc3sccc3C2c2cccs2)ccc1OC(F)F. The highest BCUT2D eigenvalue weighted by molar-refractivity contribution is 7.10. The zero-order valence-corrected chi connectivity index (χ0v) is 16.6. The van der Waals surface area contributed by atoms with Crippen molar-refractivity contribution in [1.29, 1.82) is 0 Å². The number of halogens is 2. The molecule has 1 aromatic carbocycles. The maximum absolute atomic E-state index is 13.3. The van der Waals surface area contributed by atoms with Gasteiger partial charge in [0.25, 0.3) is 5.91 Å². The molecule has 0 spiro atoms. The minimum absolute atomic E-state index is 0.0948. The number of hydrogen-bond acceptors (Lipinski definition) is 5. The standard InChI is InChI=1S/C20H17F2NO3S2/c1-25-15-11-12(4-5-14(15)26-20(21)22)19(24)23-8-6-16-13(7-10-28-16)18(23)17-3-2-9-27-17/h2-5,7,9-11,18,20H,6,8H2,1H3. The van der Waals surface area contributed by atoms with Crippen LogP contribution in [-0.4, -0.2) is 31.1 Å². The van der Waals surface area contributed by atoms with Crippen molar-refractivity contribution in [3.05, 3.63) is 68.0 Å². The van der Waals surface area contributed by atoms with Gasteiger partial charge in [0.05, 0.1) is 13.2 Å². The third kappa shape index (κ3) is 3.49. The minimum Gasteiger partial charge on any atom is -0.493 e. The Labute approximate surface area is 168 Å². The van der Waals surface area contributed by atoms with E-state index in [1.165, 1.54) is 30.2 Å². The van der Waals surface area contributed by atoms with Crippen molar-refractivity contribution in [2.75, 3.05) is 13.7 Å². The van der Waals surface area contributed by atoms with E-state index >= 15 is 0 Å². The number of thiophene rings is 2. The van der Waals surface area contributed by atoms with Crippen LogP contribution in [0.1, 0.15) is 31.7 Å². The number of methoxy groups -OCH3 is 1. The molecule has 8 heteroatoms. The lowest BCUT2D eigenvalue weighted by molar-refractivity contribution is -0.0512. The molecule has 1 amide bonds. The van der Waals surface area contributed by atoms with Gasteiger partial charge in [-0.3, -0.25) is 4.79 Å². The van der Waals surface area contributed by atoms with E-state index in [2.05, 4.69) is 16.2 Å². The first kappa shape index (κ1) is 18.9. The number of nitrogens with zero attached hydrogens (tertiary/aromatic N) is 1. The second kappa shape index (κ2) is 7.89. The number of ether oxygens (including phenoxy) is 2. The highest BCUT2D eigenvalue weighted by Gasteiger charge is 2.34. The molecule has 0 saturated heterocycles. The fourth-order valence-corrected chi connectivity index (χ4v) is 5.21. The predicted octanol–water partition coefficient (Wildman–Crippen LogP) is 5.21. The molecule has 146 valence electrons. The molecular formula is C20H17F2NO3S2. The number of carbonyl (C=O) groups is 1. The minimum atomic E-state index is -2.96. The van der Waals surface area contributed by atoms with Crippen molar-refractivity contribution in [2.24, 2.45) is 0 Å². The third-order valence-corrected chi connectivity index (χ3v) is 6.59. The Morgan fingerprint density at radius 3 is 2.75 bits per heavy atom. The van der Waals surface area contributed by atoms with Crippen LogP contribution >= 0.6 is 22.7 Å². The molecule has 1 unspecified atom stereocenters. The number of carbonyl (C=O) groups excluding carboxylic acids is 1. The molecular weight excluding hydrogens is 404 g/mol. The quantitative estimate of drug-likeness (QED) is 0.568. The molecule has 0 radical (unpaired) electrons. The fraction of sp³-hybridized carbons (Fsp3) is 0.250. The monoisotopic (exact) mass is 421 g/mol. The molecule has 0 fully saturated rings. The van der Waals surface area contributed by atoms with Crippen LogP contribution < -0.4 is 9.47 Å². The maximum atomic E-state index is 13.3. The molecule has 0 N–H and O–H groups in total. The van der Waals surface area contributed by atoms with E-state index < -0.39 is 6.61 Å². The number of amides is 1. The van der Waals surface area contributed by atoms with Crippen LogP contribution in [0.5, 0.6) is 11.5 Å². The van der Waals surface area contributed by atoms with E-state index in [0.29, 0.717) is 12.1 Å². The average molecular weight is 421 g/mol. The Bertz CT molecular complexity index is 972. The highest BCUT2D eigenvalue weighted by Crippen LogP contribution is 2.40. The van der Waals surface area contributed by atoms with Crippen molar-refractivity contribution in [2.45, 2.75) is 19.1 Å². The Kier molecular flexibility index (Phi) is 5.32. The summed E-state index contributed by atoms with van der Waals surface area (Å²) in [5, 5.41) is 4.05. The molecule has 0 aliphatic carbocycles. The number of alkyl halides is 2. The lowest BCUT2D eigenvalue weighted by Crippen LogP contribution is -2.39. The Morgan fingerprint density at radius 2 is 2.04 bits per heavy atom. The Morgan fingerprint density at radius 1 is 1.18 bits per heavy atom. The summed E-state index contributed by atoms with van der Waals surface area (Å²) in [6.45, 7) is -2.37. The Balaban J connectivity index is 1.69. The molecule has 1 aliphatic heterocycles. The van der Waals surface area contributed by atoms with Crippen LogP contribution in [0.2, 0.25) is 0 Å². The second-order valence-corrected chi connectivity index (χ2v) is 8.19. The first-order valence-electron chi connectivity index (χ1n) is 8.62. The van der Waals surface area contributed by atoms with Gasteiger partial charge in [-0.05, 0) is 53.1 Å². The van der Waals surface area contributed by atoms with E-state index in [1.807, 2.05) is 22.4 Å². The summed E-state index contributed by atoms with van der Waals surface area (Å²) in [7, 11) is 1.36. The van der Waals surface area contributed by atoms with E-state index in [0.717, 1.165) is 16.9 Å². The van der Waals surface area contributed by atoms with Gasteiger partial charge in [-0.15, -0.1) is 22.7 Å². The molecule has 0 bridgehead atoms. The fourth-order valence-electron chi connectivity index (χ4n) is 3.45. The van der Waals surface area contributed by atoms with Crippen molar-refractivity contribution in [3.8, 4) is 11.5 Å². The summed E-state index contributed by atoms with van der Waals surface area (Å²) < 4.78 is 34.7.